The molecule has 0 radical (unpaired) electrons. The monoisotopic (exact) mass is 400 g/mol. The van der Waals surface area contributed by atoms with E-state index in [9.17, 15) is 4.79 Å². The second-order valence-electron chi connectivity index (χ2n) is 7.76. The van der Waals surface area contributed by atoms with E-state index in [0.29, 0.717) is 17.9 Å². The number of fused-ring (bicyclic) bond motifs is 1. The maximum Gasteiger partial charge on any atom is 0.257 e. The van der Waals surface area contributed by atoms with Gasteiger partial charge in [-0.3, -0.25) is 4.79 Å². The first-order valence-corrected chi connectivity index (χ1v) is 9.98. The van der Waals surface area contributed by atoms with Crippen LogP contribution in [0.2, 0.25) is 0 Å². The quantitative estimate of drug-likeness (QED) is 0.841. The van der Waals surface area contributed by atoms with Crippen LogP contribution >= 0.6 is 12.4 Å². The Morgan fingerprint density at radius 3 is 2.39 bits per heavy atom. The van der Waals surface area contributed by atoms with E-state index in [1.165, 1.54) is 5.56 Å². The van der Waals surface area contributed by atoms with Gasteiger partial charge in [0.2, 0.25) is 0 Å². The van der Waals surface area contributed by atoms with Crippen molar-refractivity contribution in [1.29, 1.82) is 0 Å². The zero-order valence-electron chi connectivity index (χ0n) is 16.4. The average Bonchev–Trinajstić information content (AvgIpc) is 3.05. The smallest absolute Gasteiger partial charge is 0.257 e. The summed E-state index contributed by atoms with van der Waals surface area (Å²) in [5, 5.41) is 3.49. The van der Waals surface area contributed by atoms with E-state index in [1.807, 2.05) is 41.3 Å². The van der Waals surface area contributed by atoms with E-state index < -0.39 is 0 Å². The number of para-hydroxylation sites is 1. The number of hydrogen-bond donors (Lipinski definition) is 1. The first-order chi connectivity index (χ1) is 13.2. The van der Waals surface area contributed by atoms with Crippen LogP contribution in [0.4, 0.5) is 0 Å². The average molecular weight is 401 g/mol. The van der Waals surface area contributed by atoms with E-state index in [4.69, 9.17) is 4.74 Å². The Bertz CT molecular complexity index is 797. The largest absolute Gasteiger partial charge is 0.488 e. The third kappa shape index (κ3) is 4.50. The maximum absolute atomic E-state index is 13.2. The number of nitrogens with one attached hydrogen (secondary N) is 1. The lowest BCUT2D eigenvalue weighted by Gasteiger charge is -2.22. The standard InChI is InChI=1S/C23H28N2O2.ClH/c1-17-6-2-3-7-20(17)16-27-22-9-5-4-8-21(22)23(26)25-12-10-18-14-24-15-19(18)11-13-25;/h2-9,18-19,24H,10-16H2,1H3;1H/t18-,19+;. The van der Waals surface area contributed by atoms with Gasteiger partial charge in [0.25, 0.3) is 5.91 Å². The van der Waals surface area contributed by atoms with Crippen molar-refractivity contribution in [2.75, 3.05) is 26.2 Å². The number of nitrogens with zero attached hydrogens (tertiary/aromatic N) is 1. The molecule has 2 aromatic rings. The Labute approximate surface area is 173 Å². The molecule has 5 heteroatoms. The molecule has 2 saturated heterocycles. The fourth-order valence-electron chi connectivity index (χ4n) is 4.29. The number of benzene rings is 2. The molecule has 1 amide bonds. The summed E-state index contributed by atoms with van der Waals surface area (Å²) in [4.78, 5) is 15.2. The number of amides is 1. The summed E-state index contributed by atoms with van der Waals surface area (Å²) in [6, 6.07) is 15.9. The van der Waals surface area contributed by atoms with Crippen LogP contribution in [0.25, 0.3) is 0 Å². The molecule has 2 aliphatic rings. The zero-order valence-corrected chi connectivity index (χ0v) is 17.2. The van der Waals surface area contributed by atoms with Crippen molar-refractivity contribution in [2.24, 2.45) is 11.8 Å². The van der Waals surface area contributed by atoms with Gasteiger partial charge in [-0.2, -0.15) is 0 Å². The Morgan fingerprint density at radius 2 is 1.68 bits per heavy atom. The van der Waals surface area contributed by atoms with Crippen molar-refractivity contribution in [3.63, 3.8) is 0 Å². The fourth-order valence-corrected chi connectivity index (χ4v) is 4.29. The van der Waals surface area contributed by atoms with Gasteiger partial charge in [-0.1, -0.05) is 36.4 Å². The molecule has 4 rings (SSSR count). The van der Waals surface area contributed by atoms with Gasteiger partial charge < -0.3 is 15.0 Å². The second-order valence-corrected chi connectivity index (χ2v) is 7.76. The number of carbonyl (C=O) groups excluding carboxylic acids is 1. The van der Waals surface area contributed by atoms with Crippen LogP contribution < -0.4 is 10.1 Å². The lowest BCUT2D eigenvalue weighted by atomic mass is 9.92. The molecule has 28 heavy (non-hydrogen) atoms. The highest BCUT2D eigenvalue weighted by Gasteiger charge is 2.32. The normalized spacial score (nSPS) is 21.4. The lowest BCUT2D eigenvalue weighted by molar-refractivity contribution is 0.0753. The van der Waals surface area contributed by atoms with E-state index >= 15 is 0 Å². The highest BCUT2D eigenvalue weighted by Crippen LogP contribution is 2.29. The van der Waals surface area contributed by atoms with Crippen molar-refractivity contribution in [3.8, 4) is 5.75 Å². The third-order valence-corrected chi connectivity index (χ3v) is 6.07. The summed E-state index contributed by atoms with van der Waals surface area (Å²) in [5.41, 5.74) is 3.03. The van der Waals surface area contributed by atoms with Gasteiger partial charge in [0.15, 0.2) is 0 Å². The van der Waals surface area contributed by atoms with E-state index in [-0.39, 0.29) is 18.3 Å². The molecule has 150 valence electrons. The Morgan fingerprint density at radius 1 is 1.04 bits per heavy atom. The lowest BCUT2D eigenvalue weighted by Crippen LogP contribution is -2.33. The van der Waals surface area contributed by atoms with Crippen LogP contribution in [0.15, 0.2) is 48.5 Å². The number of ether oxygens (including phenoxy) is 1. The highest BCUT2D eigenvalue weighted by atomic mass is 35.5. The second kappa shape index (κ2) is 9.44. The van der Waals surface area contributed by atoms with Gasteiger partial charge in [0, 0.05) is 13.1 Å². The van der Waals surface area contributed by atoms with Crippen LogP contribution in [-0.4, -0.2) is 37.0 Å². The Hall–Kier alpha value is -2.04. The molecule has 2 fully saturated rings. The van der Waals surface area contributed by atoms with Crippen molar-refractivity contribution in [3.05, 3.63) is 65.2 Å². The van der Waals surface area contributed by atoms with Gasteiger partial charge >= 0.3 is 0 Å². The number of likely N-dealkylation sites (tertiary alicyclic amines) is 1. The third-order valence-electron chi connectivity index (χ3n) is 6.07. The number of carbonyl (C=O) groups is 1. The van der Waals surface area contributed by atoms with Crippen LogP contribution in [-0.2, 0) is 6.61 Å². The van der Waals surface area contributed by atoms with Gasteiger partial charge in [0.05, 0.1) is 5.56 Å². The van der Waals surface area contributed by atoms with Gasteiger partial charge in [0.1, 0.15) is 12.4 Å². The topological polar surface area (TPSA) is 41.6 Å². The molecule has 0 aromatic heterocycles. The number of rotatable bonds is 4. The van der Waals surface area contributed by atoms with Gasteiger partial charge in [-0.15, -0.1) is 12.4 Å². The molecular formula is C23H29ClN2O2. The molecular weight excluding hydrogens is 372 g/mol. The number of hydrogen-bond acceptors (Lipinski definition) is 3. The Balaban J connectivity index is 0.00000225. The van der Waals surface area contributed by atoms with Crippen LogP contribution in [0.5, 0.6) is 5.75 Å². The minimum Gasteiger partial charge on any atom is -0.488 e. The Kier molecular flexibility index (Phi) is 6.97. The summed E-state index contributed by atoms with van der Waals surface area (Å²) in [7, 11) is 0. The summed E-state index contributed by atoms with van der Waals surface area (Å²) in [5.74, 6) is 2.21. The summed E-state index contributed by atoms with van der Waals surface area (Å²) in [6.07, 6.45) is 2.19. The van der Waals surface area contributed by atoms with Crippen molar-refractivity contribution in [1.82, 2.24) is 10.2 Å². The minimum absolute atomic E-state index is 0. The number of aryl methyl sites for hydroxylation is 1. The predicted molar refractivity (Wildman–Crippen MR) is 114 cm³/mol. The molecule has 2 aromatic carbocycles. The molecule has 2 heterocycles. The fraction of sp³-hybridized carbons (Fsp3) is 0.435. The highest BCUT2D eigenvalue weighted by molar-refractivity contribution is 5.97. The molecule has 2 atom stereocenters. The first kappa shape index (κ1) is 20.7. The van der Waals surface area contributed by atoms with E-state index in [1.54, 1.807) is 0 Å². The summed E-state index contributed by atoms with van der Waals surface area (Å²) in [6.45, 7) is 6.44. The molecule has 2 aliphatic heterocycles. The van der Waals surface area contributed by atoms with Crippen LogP contribution in [0, 0.1) is 18.8 Å². The summed E-state index contributed by atoms with van der Waals surface area (Å²) >= 11 is 0. The van der Waals surface area contributed by atoms with E-state index in [0.717, 1.165) is 56.4 Å². The molecule has 0 saturated carbocycles. The summed E-state index contributed by atoms with van der Waals surface area (Å²) < 4.78 is 6.06. The molecule has 4 nitrogen and oxygen atoms in total. The minimum atomic E-state index is 0. The van der Waals surface area contributed by atoms with E-state index in [2.05, 4.69) is 24.4 Å². The predicted octanol–water partition coefficient (Wildman–Crippen LogP) is 4.07. The van der Waals surface area contributed by atoms with Gasteiger partial charge in [-0.05, 0) is 68.0 Å². The zero-order chi connectivity index (χ0) is 18.6. The molecule has 1 N–H and O–H groups in total. The molecule has 0 aliphatic carbocycles. The van der Waals surface area contributed by atoms with Gasteiger partial charge in [-0.25, -0.2) is 0 Å². The first-order valence-electron chi connectivity index (χ1n) is 9.98. The molecule has 0 spiro atoms. The SMILES string of the molecule is Cc1ccccc1COc1ccccc1C(=O)N1CC[C@@H]2CNC[C@@H]2CC1.Cl. The molecule has 0 unspecified atom stereocenters. The van der Waals surface area contributed by atoms with Crippen molar-refractivity contribution < 1.29 is 9.53 Å². The molecule has 0 bridgehead atoms. The maximum atomic E-state index is 13.2. The van der Waals surface area contributed by atoms with Crippen molar-refractivity contribution >= 4 is 18.3 Å². The van der Waals surface area contributed by atoms with Crippen molar-refractivity contribution in [2.45, 2.75) is 26.4 Å². The van der Waals surface area contributed by atoms with Crippen LogP contribution in [0.3, 0.4) is 0 Å². The number of halogens is 1. The van der Waals surface area contributed by atoms with Crippen LogP contribution in [0.1, 0.15) is 34.3 Å².